The summed E-state index contributed by atoms with van der Waals surface area (Å²) in [6.45, 7) is 6.05. The quantitative estimate of drug-likeness (QED) is 0.910. The number of benzene rings is 1. The number of amides is 2. The second-order valence-electron chi connectivity index (χ2n) is 6.51. The van der Waals surface area contributed by atoms with Crippen LogP contribution in [-0.4, -0.2) is 33.7 Å². The fraction of sp³-hybridized carbons (Fsp3) is 0.438. The van der Waals surface area contributed by atoms with Crippen molar-refractivity contribution in [1.82, 2.24) is 20.4 Å². The van der Waals surface area contributed by atoms with Crippen LogP contribution in [0.4, 0.5) is 18.0 Å². The Hall–Kier alpha value is -2.58. The highest BCUT2D eigenvalue weighted by atomic mass is 19.4. The predicted octanol–water partition coefficient (Wildman–Crippen LogP) is 3.70. The minimum Gasteiger partial charge on any atom is -0.334 e. The van der Waals surface area contributed by atoms with Crippen LogP contribution in [0.2, 0.25) is 0 Å². The number of alkyl halides is 3. The van der Waals surface area contributed by atoms with E-state index < -0.39 is 12.1 Å². The van der Waals surface area contributed by atoms with Crippen molar-refractivity contribution in [2.24, 2.45) is 0 Å². The van der Waals surface area contributed by atoms with Crippen molar-refractivity contribution in [3.63, 3.8) is 0 Å². The monoisotopic (exact) mass is 356 g/mol. The highest BCUT2D eigenvalue weighted by Crippen LogP contribution is 2.29. The second kappa shape index (κ2) is 6.73. The van der Waals surface area contributed by atoms with Crippen molar-refractivity contribution >= 4 is 6.03 Å². The van der Waals surface area contributed by atoms with Gasteiger partial charge in [-0.1, -0.05) is 29.4 Å². The van der Waals surface area contributed by atoms with E-state index in [1.54, 1.807) is 36.2 Å². The summed E-state index contributed by atoms with van der Waals surface area (Å²) in [5, 5.41) is 6.10. The van der Waals surface area contributed by atoms with Crippen LogP contribution in [0.15, 0.2) is 28.8 Å². The normalized spacial score (nSPS) is 12.1. The molecule has 0 spiro atoms. The van der Waals surface area contributed by atoms with E-state index in [0.717, 1.165) is 5.56 Å². The van der Waals surface area contributed by atoms with Crippen molar-refractivity contribution in [1.29, 1.82) is 0 Å². The van der Waals surface area contributed by atoms with E-state index in [-0.39, 0.29) is 17.4 Å². The molecule has 0 unspecified atom stereocenters. The van der Waals surface area contributed by atoms with Crippen LogP contribution in [0.1, 0.15) is 32.2 Å². The third-order valence-electron chi connectivity index (χ3n) is 3.64. The number of urea groups is 1. The van der Waals surface area contributed by atoms with Gasteiger partial charge >= 0.3 is 18.1 Å². The fourth-order valence-corrected chi connectivity index (χ4v) is 1.83. The average molecular weight is 356 g/mol. The van der Waals surface area contributed by atoms with Crippen molar-refractivity contribution < 1.29 is 22.5 Å². The van der Waals surface area contributed by atoms with Crippen LogP contribution in [0.25, 0.3) is 11.4 Å². The molecule has 0 radical (unpaired) electrons. The Morgan fingerprint density at radius 1 is 1.20 bits per heavy atom. The number of carbonyl (C=O) groups excluding carboxylic acids is 1. The van der Waals surface area contributed by atoms with Crippen LogP contribution in [0.5, 0.6) is 0 Å². The Balaban J connectivity index is 2.01. The van der Waals surface area contributed by atoms with Crippen LogP contribution in [0, 0.1) is 0 Å². The van der Waals surface area contributed by atoms with Gasteiger partial charge in [0.25, 0.3) is 0 Å². The van der Waals surface area contributed by atoms with Gasteiger partial charge < -0.3 is 14.7 Å². The first-order valence-corrected chi connectivity index (χ1v) is 7.50. The van der Waals surface area contributed by atoms with Crippen LogP contribution >= 0.6 is 0 Å². The molecule has 2 aromatic rings. The number of carbonyl (C=O) groups is 1. The Kier molecular flexibility index (Phi) is 5.05. The highest BCUT2D eigenvalue weighted by molar-refractivity contribution is 5.74. The van der Waals surface area contributed by atoms with Gasteiger partial charge in [0, 0.05) is 24.7 Å². The summed E-state index contributed by atoms with van der Waals surface area (Å²) in [5.74, 6) is -1.53. The second-order valence-corrected chi connectivity index (χ2v) is 6.51. The summed E-state index contributed by atoms with van der Waals surface area (Å²) in [4.78, 5) is 16.9. The van der Waals surface area contributed by atoms with Gasteiger partial charge in [0.05, 0.1) is 0 Å². The van der Waals surface area contributed by atoms with Crippen molar-refractivity contribution in [2.75, 3.05) is 7.05 Å². The molecule has 0 aliphatic carbocycles. The highest BCUT2D eigenvalue weighted by Gasteiger charge is 2.38. The van der Waals surface area contributed by atoms with Crippen molar-refractivity contribution in [3.8, 4) is 11.4 Å². The number of hydrogen-bond donors (Lipinski definition) is 1. The van der Waals surface area contributed by atoms with Gasteiger partial charge in [0.15, 0.2) is 0 Å². The molecule has 0 aliphatic heterocycles. The van der Waals surface area contributed by atoms with E-state index in [9.17, 15) is 18.0 Å². The molecule has 2 amide bonds. The molecule has 1 heterocycles. The predicted molar refractivity (Wildman–Crippen MR) is 84.5 cm³/mol. The van der Waals surface area contributed by atoms with Crippen molar-refractivity contribution in [2.45, 2.75) is 39.0 Å². The van der Waals surface area contributed by atoms with Gasteiger partial charge in [-0.2, -0.15) is 18.2 Å². The Labute approximate surface area is 143 Å². The van der Waals surface area contributed by atoms with E-state index in [1.165, 1.54) is 0 Å². The summed E-state index contributed by atoms with van der Waals surface area (Å²) in [7, 11) is 1.70. The molecule has 1 aromatic heterocycles. The Morgan fingerprint density at radius 2 is 1.80 bits per heavy atom. The zero-order chi connectivity index (χ0) is 18.8. The summed E-state index contributed by atoms with van der Waals surface area (Å²) in [5.41, 5.74) is 0.878. The van der Waals surface area contributed by atoms with E-state index in [0.29, 0.717) is 12.1 Å². The molecule has 2 rings (SSSR count). The van der Waals surface area contributed by atoms with Gasteiger partial charge in [0.2, 0.25) is 5.82 Å². The fourth-order valence-electron chi connectivity index (χ4n) is 1.83. The standard InChI is InChI=1S/C16H19F3N4O2/c1-15(2,3)23(4)14(24)20-9-10-5-7-11(8-6-10)12-21-13(25-22-12)16(17,18)19/h5-8H,9H2,1-4H3,(H,20,24). The van der Waals surface area contributed by atoms with Crippen LogP contribution in [-0.2, 0) is 12.7 Å². The molecule has 136 valence electrons. The molecule has 0 saturated carbocycles. The molecular weight excluding hydrogens is 337 g/mol. The maximum atomic E-state index is 12.5. The summed E-state index contributed by atoms with van der Waals surface area (Å²) in [6, 6.07) is 6.27. The zero-order valence-corrected chi connectivity index (χ0v) is 14.3. The van der Waals surface area contributed by atoms with Crippen LogP contribution < -0.4 is 5.32 Å². The Morgan fingerprint density at radius 3 is 2.28 bits per heavy atom. The topological polar surface area (TPSA) is 71.3 Å². The molecular formula is C16H19F3N4O2. The molecule has 6 nitrogen and oxygen atoms in total. The third-order valence-corrected chi connectivity index (χ3v) is 3.64. The van der Waals surface area contributed by atoms with E-state index >= 15 is 0 Å². The zero-order valence-electron chi connectivity index (χ0n) is 14.3. The number of nitrogens with zero attached hydrogens (tertiary/aromatic N) is 3. The molecule has 1 aromatic carbocycles. The summed E-state index contributed by atoms with van der Waals surface area (Å²) in [6.07, 6.45) is -4.67. The largest absolute Gasteiger partial charge is 0.471 e. The van der Waals surface area contributed by atoms with E-state index in [1.807, 2.05) is 20.8 Å². The van der Waals surface area contributed by atoms with Gasteiger partial charge in [-0.05, 0) is 26.3 Å². The maximum absolute atomic E-state index is 12.5. The lowest BCUT2D eigenvalue weighted by atomic mass is 10.1. The van der Waals surface area contributed by atoms with E-state index in [2.05, 4.69) is 20.0 Å². The van der Waals surface area contributed by atoms with Crippen LogP contribution in [0.3, 0.4) is 0 Å². The molecule has 25 heavy (non-hydrogen) atoms. The first-order valence-electron chi connectivity index (χ1n) is 7.50. The lowest BCUT2D eigenvalue weighted by molar-refractivity contribution is -0.159. The number of nitrogens with one attached hydrogen (secondary N) is 1. The molecule has 0 saturated heterocycles. The number of halogens is 3. The number of hydrogen-bond acceptors (Lipinski definition) is 4. The van der Waals surface area contributed by atoms with Gasteiger partial charge in [-0.15, -0.1) is 0 Å². The molecule has 0 atom stereocenters. The molecule has 0 fully saturated rings. The average Bonchev–Trinajstić information content (AvgIpc) is 3.01. The lowest BCUT2D eigenvalue weighted by Crippen LogP contribution is -2.47. The first kappa shape index (κ1) is 18.8. The smallest absolute Gasteiger partial charge is 0.334 e. The summed E-state index contributed by atoms with van der Waals surface area (Å²) >= 11 is 0. The van der Waals surface area contributed by atoms with Gasteiger partial charge in [-0.25, -0.2) is 4.79 Å². The van der Waals surface area contributed by atoms with Crippen molar-refractivity contribution in [3.05, 3.63) is 35.7 Å². The molecule has 0 bridgehead atoms. The number of aromatic nitrogens is 2. The lowest BCUT2D eigenvalue weighted by Gasteiger charge is -2.32. The van der Waals surface area contributed by atoms with Gasteiger partial charge in [-0.3, -0.25) is 0 Å². The van der Waals surface area contributed by atoms with Gasteiger partial charge in [0.1, 0.15) is 0 Å². The SMILES string of the molecule is CN(C(=O)NCc1ccc(-c2noc(C(F)(F)F)n2)cc1)C(C)(C)C. The minimum atomic E-state index is -4.67. The molecule has 0 aliphatic rings. The van der Waals surface area contributed by atoms with E-state index in [4.69, 9.17) is 0 Å². The summed E-state index contributed by atoms with van der Waals surface area (Å²) < 4.78 is 41.6. The molecule has 1 N–H and O–H groups in total. The first-order chi connectivity index (χ1) is 11.5. The molecule has 9 heteroatoms. The minimum absolute atomic E-state index is 0.143. The Bertz CT molecular complexity index is 733. The number of rotatable bonds is 3. The third kappa shape index (κ3) is 4.71. The maximum Gasteiger partial charge on any atom is 0.471 e.